The second kappa shape index (κ2) is 13.3. The van der Waals surface area contributed by atoms with Crippen molar-refractivity contribution in [3.63, 3.8) is 0 Å². The summed E-state index contributed by atoms with van der Waals surface area (Å²) in [4.78, 5) is 14.8. The van der Waals surface area contributed by atoms with Gasteiger partial charge in [0.2, 0.25) is 0 Å². The highest BCUT2D eigenvalue weighted by Gasteiger charge is 2.43. The topological polar surface area (TPSA) is 48.0 Å². The normalized spacial score (nSPS) is 25.9. The second-order valence-electron chi connectivity index (χ2n) is 11.7. The second-order valence-corrected chi connectivity index (χ2v) is 11.7. The zero-order chi connectivity index (χ0) is 32.4. The van der Waals surface area contributed by atoms with Gasteiger partial charge in [-0.05, 0) is 94.0 Å². The third-order valence-corrected chi connectivity index (χ3v) is 8.35. The van der Waals surface area contributed by atoms with E-state index in [9.17, 15) is 39.9 Å². The Morgan fingerprint density at radius 2 is 1.70 bits per heavy atom. The Morgan fingerprint density at radius 3 is 2.30 bits per heavy atom. The summed E-state index contributed by atoms with van der Waals surface area (Å²) in [7, 11) is 0. The number of benzene rings is 2. The van der Waals surface area contributed by atoms with Crippen LogP contribution in [0.25, 0.3) is 0 Å². The molecule has 4 rings (SSSR count). The van der Waals surface area contributed by atoms with Crippen LogP contribution >= 0.6 is 0 Å². The predicted octanol–water partition coefficient (Wildman–Crippen LogP) is 7.89. The van der Waals surface area contributed by atoms with E-state index in [0.717, 1.165) is 12.1 Å². The minimum absolute atomic E-state index is 0.0378. The minimum atomic E-state index is -5.04. The van der Waals surface area contributed by atoms with Gasteiger partial charge in [0.15, 0.2) is 17.9 Å². The van der Waals surface area contributed by atoms with Crippen LogP contribution in [0.4, 0.5) is 35.1 Å². The molecule has 2 fully saturated rings. The first-order chi connectivity index (χ1) is 20.5. The van der Waals surface area contributed by atoms with E-state index in [1.54, 1.807) is 6.92 Å². The third-order valence-electron chi connectivity index (χ3n) is 8.35. The summed E-state index contributed by atoms with van der Waals surface area (Å²) < 4.78 is 126. The van der Waals surface area contributed by atoms with Crippen LogP contribution in [0.3, 0.4) is 0 Å². The van der Waals surface area contributed by atoms with Crippen LogP contribution in [-0.4, -0.2) is 50.0 Å². The van der Waals surface area contributed by atoms with Gasteiger partial charge in [-0.15, -0.1) is 0 Å². The van der Waals surface area contributed by atoms with Crippen LogP contribution in [0, 0.1) is 23.0 Å². The number of piperidine rings is 1. The van der Waals surface area contributed by atoms with Crippen LogP contribution in [0.2, 0.25) is 0 Å². The number of carbonyl (C=O) groups is 1. The van der Waals surface area contributed by atoms with Gasteiger partial charge in [-0.25, -0.2) is 8.78 Å². The molecule has 0 saturated carbocycles. The molecule has 0 spiro atoms. The van der Waals surface area contributed by atoms with Crippen LogP contribution in [0.15, 0.2) is 36.4 Å². The van der Waals surface area contributed by atoms with Crippen molar-refractivity contribution in [2.45, 2.75) is 70.7 Å². The first-order valence-electron chi connectivity index (χ1n) is 14.4. The maximum absolute atomic E-state index is 14.4. The number of alkyl halides is 6. The van der Waals surface area contributed by atoms with Crippen molar-refractivity contribution in [3.8, 4) is 0 Å². The molecule has 0 aliphatic carbocycles. The summed E-state index contributed by atoms with van der Waals surface area (Å²) in [5.74, 6) is -3.59. The summed E-state index contributed by atoms with van der Waals surface area (Å²) >= 11 is 0. The first kappa shape index (κ1) is 34.1. The molecule has 2 aliphatic heterocycles. The Kier molecular flexibility index (Phi) is 10.3. The van der Waals surface area contributed by atoms with Gasteiger partial charge in [-0.2, -0.15) is 26.3 Å². The molecule has 0 bridgehead atoms. The molecule has 0 radical (unpaired) electrons. The van der Waals surface area contributed by atoms with Crippen molar-refractivity contribution >= 4 is 5.97 Å². The highest BCUT2D eigenvalue weighted by atomic mass is 19.4. The predicted molar refractivity (Wildman–Crippen MR) is 143 cm³/mol. The smallest absolute Gasteiger partial charge is 0.416 e. The molecule has 5 nitrogen and oxygen atoms in total. The van der Waals surface area contributed by atoms with Gasteiger partial charge < -0.3 is 19.1 Å². The lowest BCUT2D eigenvalue weighted by atomic mass is 9.78. The van der Waals surface area contributed by atoms with Crippen LogP contribution in [0.1, 0.15) is 74.3 Å². The molecule has 5 atom stereocenters. The molecule has 0 aromatic heterocycles. The summed E-state index contributed by atoms with van der Waals surface area (Å²) in [6, 6.07) is 4.52. The Labute approximate surface area is 250 Å². The highest BCUT2D eigenvalue weighted by molar-refractivity contribution is 5.76. The average Bonchev–Trinajstić information content (AvgIpc) is 2.94. The van der Waals surface area contributed by atoms with Gasteiger partial charge >= 0.3 is 18.3 Å². The van der Waals surface area contributed by atoms with Crippen molar-refractivity contribution in [2.75, 3.05) is 32.8 Å². The molecule has 0 unspecified atom stereocenters. The Balaban J connectivity index is 1.64. The fraction of sp³-hybridized carbons (Fsp3) is 0.581. The standard InChI is InChI=1S/C31H35F8NO4/c1-4-42-28(41)29(3)9-5-10-40(17-29)16-20-8-11-43-27(26(20)19-6-7-24(32)25(33)14-19)44-18(2)21-12-22(30(34,35)36)15-23(13-21)31(37,38)39/h6-7,12-15,18,20,26-27H,4-5,8-11,16-17H2,1-3H3/t18-,20+,26+,27-,29-/m1/s1. The SMILES string of the molecule is CCOC(=O)[C@]1(C)CCCN(C[C@@H]2CCO[C@H](O[C@H](C)c3cc(C(F)(F)F)cc(C(F)(F)F)c3)[C@H]2c2ccc(F)c(F)c2)C1. The number of hydrogen-bond donors (Lipinski definition) is 0. The fourth-order valence-corrected chi connectivity index (χ4v) is 6.12. The number of esters is 1. The number of ether oxygens (including phenoxy) is 3. The van der Waals surface area contributed by atoms with Crippen LogP contribution in [-0.2, 0) is 31.4 Å². The molecule has 0 N–H and O–H groups in total. The van der Waals surface area contributed by atoms with E-state index in [0.29, 0.717) is 56.6 Å². The average molecular weight is 638 g/mol. The highest BCUT2D eigenvalue weighted by Crippen LogP contribution is 2.43. The fourth-order valence-electron chi connectivity index (χ4n) is 6.12. The van der Waals surface area contributed by atoms with E-state index in [1.807, 2.05) is 6.92 Å². The van der Waals surface area contributed by atoms with E-state index in [4.69, 9.17) is 14.2 Å². The molecular formula is C31H35F8NO4. The van der Waals surface area contributed by atoms with Crippen molar-refractivity contribution in [1.29, 1.82) is 0 Å². The van der Waals surface area contributed by atoms with E-state index in [-0.39, 0.29) is 36.7 Å². The number of halogens is 8. The summed E-state index contributed by atoms with van der Waals surface area (Å²) in [5, 5.41) is 0. The number of carbonyl (C=O) groups excluding carboxylic acids is 1. The molecule has 2 aromatic rings. The molecule has 244 valence electrons. The van der Waals surface area contributed by atoms with E-state index >= 15 is 0 Å². The third kappa shape index (κ3) is 7.89. The molecule has 2 heterocycles. The minimum Gasteiger partial charge on any atom is -0.466 e. The van der Waals surface area contributed by atoms with Crippen molar-refractivity contribution in [3.05, 3.63) is 70.3 Å². The number of rotatable bonds is 8. The van der Waals surface area contributed by atoms with Crippen LogP contribution < -0.4 is 0 Å². The number of likely N-dealkylation sites (tertiary alicyclic amines) is 1. The summed E-state index contributed by atoms with van der Waals surface area (Å²) in [6.45, 7) is 6.68. The van der Waals surface area contributed by atoms with Crippen molar-refractivity contribution in [1.82, 2.24) is 4.90 Å². The maximum Gasteiger partial charge on any atom is 0.416 e. The molecule has 44 heavy (non-hydrogen) atoms. The summed E-state index contributed by atoms with van der Waals surface area (Å²) in [6.07, 6.45) is -10.8. The van der Waals surface area contributed by atoms with Crippen molar-refractivity contribution < 1.29 is 54.1 Å². The monoisotopic (exact) mass is 637 g/mol. The first-order valence-corrected chi connectivity index (χ1v) is 14.4. The zero-order valence-corrected chi connectivity index (χ0v) is 24.5. The Morgan fingerprint density at radius 1 is 1.05 bits per heavy atom. The number of nitrogens with zero attached hydrogens (tertiary/aromatic N) is 1. The number of hydrogen-bond acceptors (Lipinski definition) is 5. The Hall–Kier alpha value is -2.77. The van der Waals surface area contributed by atoms with Gasteiger partial charge in [0.1, 0.15) is 0 Å². The van der Waals surface area contributed by atoms with E-state index < -0.39 is 58.8 Å². The van der Waals surface area contributed by atoms with Crippen LogP contribution in [0.5, 0.6) is 0 Å². The van der Waals surface area contributed by atoms with E-state index in [2.05, 4.69) is 4.90 Å². The quantitative estimate of drug-likeness (QED) is 0.218. The van der Waals surface area contributed by atoms with Gasteiger partial charge in [0.25, 0.3) is 0 Å². The molecule has 0 amide bonds. The van der Waals surface area contributed by atoms with E-state index in [1.165, 1.54) is 13.0 Å². The van der Waals surface area contributed by atoms with Crippen molar-refractivity contribution in [2.24, 2.45) is 11.3 Å². The zero-order valence-electron chi connectivity index (χ0n) is 24.5. The van der Waals surface area contributed by atoms with Gasteiger partial charge in [-0.3, -0.25) is 4.79 Å². The van der Waals surface area contributed by atoms with Gasteiger partial charge in [-0.1, -0.05) is 6.07 Å². The Bertz CT molecular complexity index is 1280. The molecule has 13 heteroatoms. The largest absolute Gasteiger partial charge is 0.466 e. The lowest BCUT2D eigenvalue weighted by molar-refractivity contribution is -0.211. The molecule has 2 aromatic carbocycles. The lowest BCUT2D eigenvalue weighted by Crippen LogP contribution is -2.50. The molecule has 2 aliphatic rings. The van der Waals surface area contributed by atoms with Gasteiger partial charge in [0.05, 0.1) is 35.9 Å². The lowest BCUT2D eigenvalue weighted by Gasteiger charge is -2.44. The summed E-state index contributed by atoms with van der Waals surface area (Å²) in [5.41, 5.74) is -3.78. The maximum atomic E-state index is 14.4. The molecule has 2 saturated heterocycles. The molecular weight excluding hydrogens is 602 g/mol. The van der Waals surface area contributed by atoms with Gasteiger partial charge in [0, 0.05) is 19.0 Å².